The molecule has 46 heavy (non-hydrogen) atoms. The SMILES string of the molecule is c1ccc(-n2c3ccccc3c3cc(-c4c5ccccc5cc5c6c7ccccc7ccc6n(-c6ccccc6)c45)ccc32)cc1. The maximum atomic E-state index is 2.48. The Hall–Kier alpha value is -6.12. The van der Waals surface area contributed by atoms with Gasteiger partial charge in [0, 0.05) is 38.5 Å². The van der Waals surface area contributed by atoms with E-state index >= 15 is 0 Å². The zero-order chi connectivity index (χ0) is 30.2. The fraction of sp³-hybridized carbons (Fsp3) is 0. The van der Waals surface area contributed by atoms with Crippen LogP contribution in [0.15, 0.2) is 170 Å². The summed E-state index contributed by atoms with van der Waals surface area (Å²) in [7, 11) is 0. The van der Waals surface area contributed by atoms with Crippen LogP contribution in [0.2, 0.25) is 0 Å². The summed E-state index contributed by atoms with van der Waals surface area (Å²) in [6.07, 6.45) is 0. The Morgan fingerprint density at radius 1 is 0.326 bits per heavy atom. The molecule has 0 aliphatic heterocycles. The van der Waals surface area contributed by atoms with Gasteiger partial charge in [0.15, 0.2) is 0 Å². The molecular weight excluding hydrogens is 556 g/mol. The molecule has 8 aromatic carbocycles. The lowest BCUT2D eigenvalue weighted by Gasteiger charge is -2.15. The van der Waals surface area contributed by atoms with Gasteiger partial charge in [0.2, 0.25) is 0 Å². The maximum Gasteiger partial charge on any atom is 0.0626 e. The summed E-state index contributed by atoms with van der Waals surface area (Å²) in [6, 6.07) is 62.0. The highest BCUT2D eigenvalue weighted by atomic mass is 15.0. The molecule has 214 valence electrons. The average Bonchev–Trinajstić information content (AvgIpc) is 3.64. The van der Waals surface area contributed by atoms with Gasteiger partial charge >= 0.3 is 0 Å². The first kappa shape index (κ1) is 25.2. The summed E-state index contributed by atoms with van der Waals surface area (Å²) < 4.78 is 4.87. The van der Waals surface area contributed by atoms with Crippen LogP contribution < -0.4 is 0 Å². The van der Waals surface area contributed by atoms with Gasteiger partial charge in [-0.1, -0.05) is 115 Å². The quantitative estimate of drug-likeness (QED) is 0.195. The number of hydrogen-bond donors (Lipinski definition) is 0. The molecule has 0 aliphatic carbocycles. The number of nitrogens with zero attached hydrogens (tertiary/aromatic N) is 2. The van der Waals surface area contributed by atoms with E-state index in [0.717, 1.165) is 5.69 Å². The van der Waals surface area contributed by atoms with Gasteiger partial charge in [-0.15, -0.1) is 0 Å². The molecule has 0 N–H and O–H groups in total. The summed E-state index contributed by atoms with van der Waals surface area (Å²) >= 11 is 0. The number of fused-ring (bicyclic) bond motifs is 9. The van der Waals surface area contributed by atoms with Gasteiger partial charge in [0.1, 0.15) is 0 Å². The highest BCUT2D eigenvalue weighted by Crippen LogP contribution is 2.45. The second-order valence-corrected chi connectivity index (χ2v) is 12.1. The molecule has 2 heterocycles. The van der Waals surface area contributed by atoms with E-state index in [-0.39, 0.29) is 0 Å². The Balaban J connectivity index is 1.40. The number of rotatable bonds is 3. The molecule has 2 aromatic heterocycles. The van der Waals surface area contributed by atoms with E-state index < -0.39 is 0 Å². The summed E-state index contributed by atoms with van der Waals surface area (Å²) in [5.41, 5.74) is 9.70. The number of benzene rings is 8. The molecule has 2 heteroatoms. The summed E-state index contributed by atoms with van der Waals surface area (Å²) in [4.78, 5) is 0. The summed E-state index contributed by atoms with van der Waals surface area (Å²) in [6.45, 7) is 0. The summed E-state index contributed by atoms with van der Waals surface area (Å²) in [5, 5.41) is 10.1. The molecule has 0 aliphatic rings. The Morgan fingerprint density at radius 3 is 1.70 bits per heavy atom. The predicted molar refractivity (Wildman–Crippen MR) is 196 cm³/mol. The van der Waals surface area contributed by atoms with Gasteiger partial charge in [-0.2, -0.15) is 0 Å². The van der Waals surface area contributed by atoms with Crippen LogP contribution in [-0.2, 0) is 0 Å². The van der Waals surface area contributed by atoms with E-state index in [0.29, 0.717) is 0 Å². The molecule has 0 unspecified atom stereocenters. The second-order valence-electron chi connectivity index (χ2n) is 12.1. The predicted octanol–water partition coefficient (Wildman–Crippen LogP) is 11.9. The minimum Gasteiger partial charge on any atom is -0.309 e. The van der Waals surface area contributed by atoms with Crippen molar-refractivity contribution in [2.24, 2.45) is 0 Å². The molecule has 0 saturated carbocycles. The smallest absolute Gasteiger partial charge is 0.0626 e. The van der Waals surface area contributed by atoms with E-state index in [2.05, 4.69) is 179 Å². The fourth-order valence-corrected chi connectivity index (χ4v) is 7.73. The van der Waals surface area contributed by atoms with Crippen LogP contribution in [0.4, 0.5) is 0 Å². The van der Waals surface area contributed by atoms with Gasteiger partial charge < -0.3 is 9.13 Å². The van der Waals surface area contributed by atoms with E-state index in [1.165, 1.54) is 82.0 Å². The van der Waals surface area contributed by atoms with Crippen LogP contribution in [-0.4, -0.2) is 9.13 Å². The normalized spacial score (nSPS) is 11.9. The molecule has 0 fully saturated rings. The molecule has 0 atom stereocenters. The molecule has 2 nitrogen and oxygen atoms in total. The minimum absolute atomic E-state index is 1.16. The van der Waals surface area contributed by atoms with Crippen molar-refractivity contribution >= 4 is 65.2 Å². The van der Waals surface area contributed by atoms with Crippen molar-refractivity contribution in [1.82, 2.24) is 9.13 Å². The van der Waals surface area contributed by atoms with Gasteiger partial charge in [0.25, 0.3) is 0 Å². The Morgan fingerprint density at radius 2 is 0.913 bits per heavy atom. The topological polar surface area (TPSA) is 9.86 Å². The molecule has 0 spiro atoms. The maximum absolute atomic E-state index is 2.48. The van der Waals surface area contributed by atoms with Crippen molar-refractivity contribution in [1.29, 1.82) is 0 Å². The Bertz CT molecular complexity index is 2780. The van der Waals surface area contributed by atoms with E-state index in [1.54, 1.807) is 0 Å². The van der Waals surface area contributed by atoms with Crippen molar-refractivity contribution < 1.29 is 0 Å². The van der Waals surface area contributed by atoms with Crippen LogP contribution in [0.3, 0.4) is 0 Å². The first-order valence-electron chi connectivity index (χ1n) is 15.9. The van der Waals surface area contributed by atoms with Crippen LogP contribution in [0.25, 0.3) is 87.7 Å². The largest absolute Gasteiger partial charge is 0.309 e. The van der Waals surface area contributed by atoms with E-state index in [9.17, 15) is 0 Å². The Kier molecular flexibility index (Phi) is 5.31. The van der Waals surface area contributed by atoms with Crippen LogP contribution >= 0.6 is 0 Å². The molecule has 0 saturated heterocycles. The molecular formula is C44H28N2. The second kappa shape index (κ2) is 9.69. The lowest BCUT2D eigenvalue weighted by atomic mass is 9.93. The summed E-state index contributed by atoms with van der Waals surface area (Å²) in [5.74, 6) is 0. The molecule has 10 rings (SSSR count). The molecule has 10 aromatic rings. The lowest BCUT2D eigenvalue weighted by Crippen LogP contribution is -1.96. The Labute approximate surface area is 266 Å². The van der Waals surface area contributed by atoms with Crippen molar-refractivity contribution in [3.05, 3.63) is 170 Å². The van der Waals surface area contributed by atoms with E-state index in [1.807, 2.05) is 0 Å². The first-order valence-corrected chi connectivity index (χ1v) is 15.9. The van der Waals surface area contributed by atoms with Crippen molar-refractivity contribution in [3.8, 4) is 22.5 Å². The van der Waals surface area contributed by atoms with Crippen LogP contribution in [0, 0.1) is 0 Å². The number of para-hydroxylation sites is 3. The van der Waals surface area contributed by atoms with Gasteiger partial charge in [-0.25, -0.2) is 0 Å². The van der Waals surface area contributed by atoms with Gasteiger partial charge in [0.05, 0.1) is 22.1 Å². The zero-order valence-corrected chi connectivity index (χ0v) is 25.1. The van der Waals surface area contributed by atoms with E-state index in [4.69, 9.17) is 0 Å². The standard InChI is InChI=1S/C44H28N2/c1-3-15-32(16-4-1)45-39-22-12-11-21-36(39)37-28-31(24-25-40(37)45)42-35-20-10-8-14-30(35)27-38-43-34-19-9-7-13-29(34)23-26-41(43)46(44(38)42)33-17-5-2-6-18-33/h1-28H. The average molecular weight is 585 g/mol. The van der Waals surface area contributed by atoms with Crippen molar-refractivity contribution in [2.45, 2.75) is 0 Å². The van der Waals surface area contributed by atoms with Crippen molar-refractivity contribution in [2.75, 3.05) is 0 Å². The zero-order valence-electron chi connectivity index (χ0n) is 25.1. The van der Waals surface area contributed by atoms with Gasteiger partial charge in [-0.3, -0.25) is 0 Å². The third-order valence-electron chi connectivity index (χ3n) is 9.65. The number of aromatic nitrogens is 2. The monoisotopic (exact) mass is 584 g/mol. The highest BCUT2D eigenvalue weighted by Gasteiger charge is 2.22. The molecule has 0 bridgehead atoms. The van der Waals surface area contributed by atoms with Gasteiger partial charge in [-0.05, 0) is 81.7 Å². The molecule has 0 amide bonds. The molecule has 0 radical (unpaired) electrons. The lowest BCUT2D eigenvalue weighted by molar-refractivity contribution is 1.18. The third kappa shape index (κ3) is 3.53. The highest BCUT2D eigenvalue weighted by molar-refractivity contribution is 6.27. The van der Waals surface area contributed by atoms with Crippen LogP contribution in [0.5, 0.6) is 0 Å². The van der Waals surface area contributed by atoms with Crippen LogP contribution in [0.1, 0.15) is 0 Å². The number of hydrogen-bond acceptors (Lipinski definition) is 0. The first-order chi connectivity index (χ1) is 22.8. The fourth-order valence-electron chi connectivity index (χ4n) is 7.73. The minimum atomic E-state index is 1.16. The third-order valence-corrected chi connectivity index (χ3v) is 9.65. The van der Waals surface area contributed by atoms with Crippen molar-refractivity contribution in [3.63, 3.8) is 0 Å².